The molecule has 3 aromatic heterocycles. The molecule has 0 unspecified atom stereocenters. The lowest BCUT2D eigenvalue weighted by molar-refractivity contribution is 0.102. The maximum atomic E-state index is 13.4. The second-order valence-electron chi connectivity index (χ2n) is 9.67. The fourth-order valence-corrected chi connectivity index (χ4v) is 5.13. The molecule has 6 heteroatoms. The summed E-state index contributed by atoms with van der Waals surface area (Å²) in [5.74, 6) is -0.151. The van der Waals surface area contributed by atoms with E-state index in [-0.39, 0.29) is 5.91 Å². The molecular formula is C31H29N5O. The minimum atomic E-state index is -0.151. The van der Waals surface area contributed by atoms with Crippen LogP contribution < -0.4 is 10.2 Å². The van der Waals surface area contributed by atoms with Gasteiger partial charge in [-0.25, -0.2) is 0 Å². The van der Waals surface area contributed by atoms with E-state index in [1.54, 1.807) is 6.20 Å². The van der Waals surface area contributed by atoms with Crippen molar-refractivity contribution in [2.45, 2.75) is 26.2 Å². The third kappa shape index (κ3) is 4.83. The molecule has 5 aromatic rings. The van der Waals surface area contributed by atoms with Gasteiger partial charge < -0.3 is 15.2 Å². The molecule has 1 aliphatic heterocycles. The lowest BCUT2D eigenvalue weighted by atomic mass is 10.0. The summed E-state index contributed by atoms with van der Waals surface area (Å²) in [6, 6.07) is 22.5. The number of nitrogens with one attached hydrogen (secondary N) is 2. The first kappa shape index (κ1) is 23.0. The van der Waals surface area contributed by atoms with Crippen molar-refractivity contribution >= 4 is 28.2 Å². The number of fused-ring (bicyclic) bond motifs is 1. The Morgan fingerprint density at radius 3 is 2.57 bits per heavy atom. The van der Waals surface area contributed by atoms with Gasteiger partial charge in [0.15, 0.2) is 0 Å². The molecule has 1 aliphatic rings. The van der Waals surface area contributed by atoms with Crippen LogP contribution in [0, 0.1) is 6.92 Å². The van der Waals surface area contributed by atoms with E-state index in [1.165, 1.54) is 18.4 Å². The van der Waals surface area contributed by atoms with Crippen LogP contribution in [0.5, 0.6) is 0 Å². The summed E-state index contributed by atoms with van der Waals surface area (Å²) in [7, 11) is 0. The Labute approximate surface area is 216 Å². The van der Waals surface area contributed by atoms with E-state index < -0.39 is 0 Å². The molecule has 4 heterocycles. The van der Waals surface area contributed by atoms with Gasteiger partial charge in [0.2, 0.25) is 0 Å². The highest BCUT2D eigenvalue weighted by Crippen LogP contribution is 2.31. The molecule has 0 spiro atoms. The molecular weight excluding hydrogens is 458 g/mol. The lowest BCUT2D eigenvalue weighted by Crippen LogP contribution is -2.17. The van der Waals surface area contributed by atoms with Gasteiger partial charge in [-0.15, -0.1) is 0 Å². The molecule has 6 nitrogen and oxygen atoms in total. The van der Waals surface area contributed by atoms with E-state index in [0.29, 0.717) is 11.3 Å². The van der Waals surface area contributed by atoms with Crippen LogP contribution in [0.25, 0.3) is 22.0 Å². The zero-order chi connectivity index (χ0) is 25.2. The standard InChI is InChI=1S/C31H29N5O/c1-21-30(31(37)35-26-11-10-25(33-19-26)15-22-7-3-2-4-8-22)28-17-23(9-12-29(28)34-21)24-16-27(20-32-18-24)36-13-5-6-14-36/h2-4,7-12,16-20,34H,5-6,13-15H2,1H3,(H,35,37). The number of hydrogen-bond acceptors (Lipinski definition) is 4. The van der Waals surface area contributed by atoms with Crippen LogP contribution >= 0.6 is 0 Å². The number of carbonyl (C=O) groups excluding carboxylic acids is 1. The van der Waals surface area contributed by atoms with Gasteiger partial charge in [0, 0.05) is 53.6 Å². The van der Waals surface area contributed by atoms with E-state index in [4.69, 9.17) is 0 Å². The Balaban J connectivity index is 1.24. The molecule has 1 amide bonds. The normalized spacial score (nSPS) is 13.3. The Kier molecular flexibility index (Phi) is 6.15. The Morgan fingerprint density at radius 1 is 0.946 bits per heavy atom. The smallest absolute Gasteiger partial charge is 0.258 e. The van der Waals surface area contributed by atoms with Crippen molar-refractivity contribution < 1.29 is 4.79 Å². The van der Waals surface area contributed by atoms with Gasteiger partial charge in [0.1, 0.15) is 0 Å². The van der Waals surface area contributed by atoms with Gasteiger partial charge in [-0.3, -0.25) is 14.8 Å². The highest BCUT2D eigenvalue weighted by atomic mass is 16.1. The van der Waals surface area contributed by atoms with E-state index in [0.717, 1.165) is 58.6 Å². The van der Waals surface area contributed by atoms with Crippen LogP contribution in [0.2, 0.25) is 0 Å². The van der Waals surface area contributed by atoms with Gasteiger partial charge in [0.05, 0.1) is 29.3 Å². The molecule has 1 fully saturated rings. The van der Waals surface area contributed by atoms with E-state index >= 15 is 0 Å². The van der Waals surface area contributed by atoms with Gasteiger partial charge in [-0.2, -0.15) is 0 Å². The maximum absolute atomic E-state index is 13.4. The van der Waals surface area contributed by atoms with Crippen molar-refractivity contribution in [3.05, 3.63) is 108 Å². The summed E-state index contributed by atoms with van der Waals surface area (Å²) >= 11 is 0. The number of pyridine rings is 2. The third-order valence-electron chi connectivity index (χ3n) is 7.05. The SMILES string of the molecule is Cc1[nH]c2ccc(-c3cncc(N4CCCC4)c3)cc2c1C(=O)Nc1ccc(Cc2ccccc2)nc1. The van der Waals surface area contributed by atoms with Crippen molar-refractivity contribution in [1.82, 2.24) is 15.0 Å². The zero-order valence-electron chi connectivity index (χ0n) is 20.9. The Bertz CT molecular complexity index is 1550. The van der Waals surface area contributed by atoms with Crippen molar-refractivity contribution in [3.8, 4) is 11.1 Å². The van der Waals surface area contributed by atoms with Gasteiger partial charge in [-0.05, 0) is 61.2 Å². The number of carbonyl (C=O) groups is 1. The first-order chi connectivity index (χ1) is 18.1. The monoisotopic (exact) mass is 487 g/mol. The fraction of sp³-hybridized carbons (Fsp3) is 0.194. The Morgan fingerprint density at radius 2 is 1.78 bits per heavy atom. The highest BCUT2D eigenvalue weighted by molar-refractivity contribution is 6.14. The van der Waals surface area contributed by atoms with Crippen LogP contribution in [0.3, 0.4) is 0 Å². The van der Waals surface area contributed by atoms with Crippen molar-refractivity contribution in [3.63, 3.8) is 0 Å². The molecule has 37 heavy (non-hydrogen) atoms. The summed E-state index contributed by atoms with van der Waals surface area (Å²) in [4.78, 5) is 28.2. The number of hydrogen-bond donors (Lipinski definition) is 2. The largest absolute Gasteiger partial charge is 0.370 e. The summed E-state index contributed by atoms with van der Waals surface area (Å²) in [6.45, 7) is 4.09. The van der Waals surface area contributed by atoms with Crippen molar-refractivity contribution in [1.29, 1.82) is 0 Å². The fourth-order valence-electron chi connectivity index (χ4n) is 5.13. The third-order valence-corrected chi connectivity index (χ3v) is 7.05. The van der Waals surface area contributed by atoms with E-state index in [1.807, 2.05) is 55.7 Å². The molecule has 0 atom stereocenters. The highest BCUT2D eigenvalue weighted by Gasteiger charge is 2.18. The number of anilines is 2. The molecule has 0 aliphatic carbocycles. The van der Waals surface area contributed by atoms with Gasteiger partial charge >= 0.3 is 0 Å². The van der Waals surface area contributed by atoms with Crippen LogP contribution in [0.15, 0.2) is 85.3 Å². The molecule has 1 saturated heterocycles. The molecule has 2 N–H and O–H groups in total. The quantitative estimate of drug-likeness (QED) is 0.292. The first-order valence-electron chi connectivity index (χ1n) is 12.8. The second kappa shape index (κ2) is 9.90. The molecule has 6 rings (SSSR count). The van der Waals surface area contributed by atoms with Gasteiger partial charge in [0.25, 0.3) is 5.91 Å². The number of aromatic nitrogens is 3. The minimum Gasteiger partial charge on any atom is -0.370 e. The molecule has 0 saturated carbocycles. The number of nitrogens with zero attached hydrogens (tertiary/aromatic N) is 3. The number of aromatic amines is 1. The van der Waals surface area contributed by atoms with Crippen molar-refractivity contribution in [2.75, 3.05) is 23.3 Å². The molecule has 0 bridgehead atoms. The van der Waals surface area contributed by atoms with E-state index in [2.05, 4.69) is 55.5 Å². The second-order valence-corrected chi connectivity index (χ2v) is 9.67. The first-order valence-corrected chi connectivity index (χ1v) is 12.8. The zero-order valence-corrected chi connectivity index (χ0v) is 20.9. The number of benzene rings is 2. The molecule has 2 aromatic carbocycles. The molecule has 184 valence electrons. The summed E-state index contributed by atoms with van der Waals surface area (Å²) in [6.07, 6.45) is 8.76. The van der Waals surface area contributed by atoms with E-state index in [9.17, 15) is 4.79 Å². The number of aryl methyl sites for hydroxylation is 1. The topological polar surface area (TPSA) is 73.9 Å². The summed E-state index contributed by atoms with van der Waals surface area (Å²) in [5, 5.41) is 3.93. The number of amides is 1. The Hall–Kier alpha value is -4.45. The average molecular weight is 488 g/mol. The van der Waals surface area contributed by atoms with Crippen LogP contribution in [-0.4, -0.2) is 33.9 Å². The molecule has 0 radical (unpaired) electrons. The van der Waals surface area contributed by atoms with Gasteiger partial charge in [-0.1, -0.05) is 36.4 Å². The average Bonchev–Trinajstić information content (AvgIpc) is 3.58. The minimum absolute atomic E-state index is 0.151. The maximum Gasteiger partial charge on any atom is 0.258 e. The predicted octanol–water partition coefficient (Wildman–Crippen LogP) is 6.38. The number of H-pyrrole nitrogens is 1. The van der Waals surface area contributed by atoms with Crippen molar-refractivity contribution in [2.24, 2.45) is 0 Å². The van der Waals surface area contributed by atoms with Crippen LogP contribution in [0.4, 0.5) is 11.4 Å². The summed E-state index contributed by atoms with van der Waals surface area (Å²) < 4.78 is 0. The predicted molar refractivity (Wildman–Crippen MR) is 149 cm³/mol. The summed E-state index contributed by atoms with van der Waals surface area (Å²) in [5.41, 5.74) is 8.51. The number of rotatable bonds is 6. The van der Waals surface area contributed by atoms with Crippen LogP contribution in [-0.2, 0) is 6.42 Å². The van der Waals surface area contributed by atoms with Crippen LogP contribution in [0.1, 0.15) is 40.2 Å². The lowest BCUT2D eigenvalue weighted by Gasteiger charge is -2.17.